The summed E-state index contributed by atoms with van der Waals surface area (Å²) in [4.78, 5) is 11.6. The first-order valence-electron chi connectivity index (χ1n) is 9.30. The molecule has 28 heavy (non-hydrogen) atoms. The Morgan fingerprint density at radius 2 is 2.11 bits per heavy atom. The summed E-state index contributed by atoms with van der Waals surface area (Å²) in [7, 11) is 1.54. The Morgan fingerprint density at radius 1 is 1.39 bits per heavy atom. The maximum Gasteiger partial charge on any atom is 0.250 e. The SMILES string of the molecule is C=C(C=C(C)c1ccc(O)c(CCC2OC(CO)CC(O)C2O)c1)C(=O)NC. The van der Waals surface area contributed by atoms with Crippen LogP contribution >= 0.6 is 0 Å². The third-order valence-electron chi connectivity index (χ3n) is 4.99. The Balaban J connectivity index is 2.12. The summed E-state index contributed by atoms with van der Waals surface area (Å²) in [6.07, 6.45) is -0.477. The van der Waals surface area contributed by atoms with E-state index in [2.05, 4.69) is 11.9 Å². The number of amides is 1. The number of rotatable bonds is 7. The van der Waals surface area contributed by atoms with Gasteiger partial charge in [-0.2, -0.15) is 0 Å². The van der Waals surface area contributed by atoms with Crippen molar-refractivity contribution in [2.75, 3.05) is 13.7 Å². The number of benzene rings is 1. The minimum Gasteiger partial charge on any atom is -0.508 e. The number of carbonyl (C=O) groups is 1. The van der Waals surface area contributed by atoms with Crippen molar-refractivity contribution in [1.82, 2.24) is 5.32 Å². The van der Waals surface area contributed by atoms with E-state index in [-0.39, 0.29) is 24.7 Å². The Morgan fingerprint density at radius 3 is 2.75 bits per heavy atom. The Kier molecular flexibility index (Phi) is 7.77. The van der Waals surface area contributed by atoms with Gasteiger partial charge in [-0.3, -0.25) is 4.79 Å². The number of aromatic hydroxyl groups is 1. The molecular formula is C21H29NO6. The first-order valence-corrected chi connectivity index (χ1v) is 9.30. The fourth-order valence-electron chi connectivity index (χ4n) is 3.30. The molecule has 0 aromatic heterocycles. The Labute approximate surface area is 165 Å². The summed E-state index contributed by atoms with van der Waals surface area (Å²) in [5.74, 6) is -0.148. The summed E-state index contributed by atoms with van der Waals surface area (Å²) >= 11 is 0. The van der Waals surface area contributed by atoms with Crippen molar-refractivity contribution in [2.24, 2.45) is 0 Å². The zero-order chi connectivity index (χ0) is 20.8. The van der Waals surface area contributed by atoms with Gasteiger partial charge in [-0.25, -0.2) is 0 Å². The fraction of sp³-hybridized carbons (Fsp3) is 0.476. The lowest BCUT2D eigenvalue weighted by Gasteiger charge is -2.36. The van der Waals surface area contributed by atoms with Gasteiger partial charge in [0.2, 0.25) is 5.91 Å². The molecule has 4 unspecified atom stereocenters. The number of phenolic OH excluding ortho intramolecular Hbond substituents is 1. The summed E-state index contributed by atoms with van der Waals surface area (Å²) in [5, 5.41) is 42.0. The number of nitrogens with one attached hydrogen (secondary N) is 1. The zero-order valence-electron chi connectivity index (χ0n) is 16.3. The van der Waals surface area contributed by atoms with Crippen LogP contribution in [0, 0.1) is 0 Å². The van der Waals surface area contributed by atoms with E-state index < -0.39 is 24.4 Å². The topological polar surface area (TPSA) is 119 Å². The summed E-state index contributed by atoms with van der Waals surface area (Å²) in [5.41, 5.74) is 2.64. The number of hydrogen-bond donors (Lipinski definition) is 5. The van der Waals surface area contributed by atoms with Gasteiger partial charge in [-0.1, -0.05) is 12.6 Å². The highest BCUT2D eigenvalue weighted by molar-refractivity contribution is 5.97. The van der Waals surface area contributed by atoms with Crippen LogP contribution in [0.3, 0.4) is 0 Å². The molecule has 0 aliphatic carbocycles. The smallest absolute Gasteiger partial charge is 0.250 e. The van der Waals surface area contributed by atoms with E-state index in [1.54, 1.807) is 18.2 Å². The van der Waals surface area contributed by atoms with E-state index in [0.717, 1.165) is 11.1 Å². The highest BCUT2D eigenvalue weighted by Crippen LogP contribution is 2.28. The first-order chi connectivity index (χ1) is 13.3. The molecule has 7 nitrogen and oxygen atoms in total. The number of ether oxygens (including phenoxy) is 1. The summed E-state index contributed by atoms with van der Waals surface area (Å²) in [6.45, 7) is 5.36. The molecule has 0 saturated carbocycles. The van der Waals surface area contributed by atoms with Crippen molar-refractivity contribution in [1.29, 1.82) is 0 Å². The fourth-order valence-corrected chi connectivity index (χ4v) is 3.30. The van der Waals surface area contributed by atoms with Gasteiger partial charge < -0.3 is 30.5 Å². The standard InChI is InChI=1S/C21H29NO6/c1-12(8-13(2)21(27)22-3)14-4-6-17(24)15(9-14)5-7-19-20(26)18(25)10-16(11-23)28-19/h4,6,8-9,16,18-20,23-26H,2,5,7,10-11H2,1,3H3,(H,22,27). The van der Waals surface area contributed by atoms with Gasteiger partial charge in [-0.15, -0.1) is 0 Å². The normalized spacial score (nSPS) is 25.4. The van der Waals surface area contributed by atoms with Crippen LogP contribution in [0.5, 0.6) is 5.75 Å². The van der Waals surface area contributed by atoms with Gasteiger partial charge in [0.1, 0.15) is 11.9 Å². The molecule has 5 N–H and O–H groups in total. The first kappa shape index (κ1) is 22.1. The monoisotopic (exact) mass is 391 g/mol. The van der Waals surface area contributed by atoms with Crippen LogP contribution in [0.2, 0.25) is 0 Å². The van der Waals surface area contributed by atoms with E-state index in [0.29, 0.717) is 24.0 Å². The van der Waals surface area contributed by atoms with Gasteiger partial charge in [-0.05, 0) is 54.7 Å². The summed E-state index contributed by atoms with van der Waals surface area (Å²) < 4.78 is 5.64. The van der Waals surface area contributed by atoms with Crippen molar-refractivity contribution >= 4 is 11.5 Å². The number of likely N-dealkylation sites (N-methyl/N-ethyl adjacent to an activating group) is 1. The largest absolute Gasteiger partial charge is 0.508 e. The second-order valence-corrected chi connectivity index (χ2v) is 7.09. The van der Waals surface area contributed by atoms with Crippen LogP contribution in [0.15, 0.2) is 36.4 Å². The third kappa shape index (κ3) is 5.42. The van der Waals surface area contributed by atoms with Gasteiger partial charge in [0.15, 0.2) is 0 Å². The Hall–Kier alpha value is -2.19. The van der Waals surface area contributed by atoms with Gasteiger partial charge in [0, 0.05) is 19.0 Å². The third-order valence-corrected chi connectivity index (χ3v) is 4.99. The number of aliphatic hydroxyl groups excluding tert-OH is 3. The molecule has 1 aliphatic rings. The average molecular weight is 391 g/mol. The minimum atomic E-state index is -1.04. The Bertz CT molecular complexity index is 744. The summed E-state index contributed by atoms with van der Waals surface area (Å²) in [6, 6.07) is 5.14. The lowest BCUT2D eigenvalue weighted by Crippen LogP contribution is -2.49. The lowest BCUT2D eigenvalue weighted by molar-refractivity contribution is -0.178. The second-order valence-electron chi connectivity index (χ2n) is 7.09. The number of aryl methyl sites for hydroxylation is 1. The van der Waals surface area contributed by atoms with E-state index in [9.17, 15) is 25.2 Å². The number of allylic oxidation sites excluding steroid dienone is 1. The van der Waals surface area contributed by atoms with Crippen molar-refractivity contribution in [3.63, 3.8) is 0 Å². The highest BCUT2D eigenvalue weighted by Gasteiger charge is 2.36. The van der Waals surface area contributed by atoms with E-state index in [4.69, 9.17) is 4.74 Å². The molecule has 154 valence electrons. The van der Waals surface area contributed by atoms with E-state index >= 15 is 0 Å². The predicted octanol–water partition coefficient (Wildman–Crippen LogP) is 0.902. The molecule has 1 aliphatic heterocycles. The zero-order valence-corrected chi connectivity index (χ0v) is 16.3. The molecular weight excluding hydrogens is 362 g/mol. The minimum absolute atomic E-state index is 0.117. The molecule has 7 heteroatoms. The maximum absolute atomic E-state index is 11.6. The van der Waals surface area contributed by atoms with E-state index in [1.165, 1.54) is 7.05 Å². The number of aliphatic hydroxyl groups is 3. The molecule has 1 heterocycles. The van der Waals surface area contributed by atoms with Gasteiger partial charge in [0.05, 0.1) is 24.9 Å². The number of phenols is 1. The van der Waals surface area contributed by atoms with Crippen LogP contribution in [0.1, 0.15) is 30.9 Å². The molecule has 4 atom stereocenters. The van der Waals surface area contributed by atoms with Crippen LogP contribution in [-0.2, 0) is 16.0 Å². The van der Waals surface area contributed by atoms with Crippen molar-refractivity contribution < 1.29 is 30.0 Å². The molecule has 1 fully saturated rings. The molecule has 1 saturated heterocycles. The van der Waals surface area contributed by atoms with Crippen molar-refractivity contribution in [3.8, 4) is 5.75 Å². The average Bonchev–Trinajstić information content (AvgIpc) is 2.68. The lowest BCUT2D eigenvalue weighted by atomic mass is 9.93. The molecule has 1 aromatic rings. The van der Waals surface area contributed by atoms with E-state index in [1.807, 2.05) is 13.0 Å². The molecule has 1 amide bonds. The van der Waals surface area contributed by atoms with Crippen molar-refractivity contribution in [2.45, 2.75) is 50.6 Å². The molecule has 0 radical (unpaired) electrons. The number of carbonyl (C=O) groups excluding carboxylic acids is 1. The van der Waals surface area contributed by atoms with Crippen LogP contribution in [0.4, 0.5) is 0 Å². The second kappa shape index (κ2) is 9.84. The molecule has 0 bridgehead atoms. The van der Waals surface area contributed by atoms with Gasteiger partial charge in [0.25, 0.3) is 0 Å². The van der Waals surface area contributed by atoms with Gasteiger partial charge >= 0.3 is 0 Å². The molecule has 0 spiro atoms. The van der Waals surface area contributed by atoms with Crippen LogP contribution < -0.4 is 5.32 Å². The van der Waals surface area contributed by atoms with Crippen LogP contribution in [-0.4, -0.2) is 64.4 Å². The maximum atomic E-state index is 11.6. The predicted molar refractivity (Wildman–Crippen MR) is 106 cm³/mol. The molecule has 2 rings (SSSR count). The number of hydrogen-bond acceptors (Lipinski definition) is 6. The highest BCUT2D eigenvalue weighted by atomic mass is 16.5. The van der Waals surface area contributed by atoms with Crippen molar-refractivity contribution in [3.05, 3.63) is 47.6 Å². The quantitative estimate of drug-likeness (QED) is 0.348. The molecule has 1 aromatic carbocycles. The van der Waals surface area contributed by atoms with Crippen LogP contribution in [0.25, 0.3) is 5.57 Å².